The average molecular weight is 339 g/mol. The molecule has 0 atom stereocenters. The maximum Gasteiger partial charge on any atom is 0.451 e. The van der Waals surface area contributed by atoms with Crippen molar-refractivity contribution in [2.45, 2.75) is 52.5 Å². The lowest BCUT2D eigenvalue weighted by Gasteiger charge is -2.28. The normalized spacial score (nSPS) is 15.5. The number of halogens is 3. The van der Waals surface area contributed by atoms with Gasteiger partial charge in [-0.3, -0.25) is 9.58 Å². The minimum atomic E-state index is -4.49. The zero-order valence-corrected chi connectivity index (χ0v) is 13.8. The topological polar surface area (TPSA) is 46.8 Å². The van der Waals surface area contributed by atoms with Crippen molar-refractivity contribution in [2.75, 3.05) is 6.54 Å². The molecule has 0 saturated heterocycles. The minimum Gasteiger partial charge on any atom is -0.294 e. The predicted octanol–water partition coefficient (Wildman–Crippen LogP) is 2.97. The molecule has 5 nitrogen and oxygen atoms in total. The zero-order chi connectivity index (χ0) is 17.3. The Bertz CT molecular complexity index is 723. The van der Waals surface area contributed by atoms with Gasteiger partial charge in [0.25, 0.3) is 0 Å². The van der Waals surface area contributed by atoms with Crippen LogP contribution in [0.25, 0.3) is 0 Å². The van der Waals surface area contributed by atoms with Gasteiger partial charge in [-0.2, -0.15) is 18.3 Å². The standard InChI is InChI=1S/C16H20F3N5/c1-3-5-24-11(2)12(8-21-24)9-23-6-4-14-13(10-23)7-20-15(22-14)16(17,18)19/h7-8H,3-6,9-10H2,1-2H3. The van der Waals surface area contributed by atoms with Gasteiger partial charge in [0, 0.05) is 55.6 Å². The largest absolute Gasteiger partial charge is 0.451 e. The summed E-state index contributed by atoms with van der Waals surface area (Å²) < 4.78 is 40.1. The molecule has 130 valence electrons. The summed E-state index contributed by atoms with van der Waals surface area (Å²) in [6, 6.07) is 0. The van der Waals surface area contributed by atoms with Crippen LogP contribution in [0.4, 0.5) is 13.2 Å². The first kappa shape index (κ1) is 16.9. The first-order valence-electron chi connectivity index (χ1n) is 8.04. The van der Waals surface area contributed by atoms with Gasteiger partial charge in [0.15, 0.2) is 0 Å². The highest BCUT2D eigenvalue weighted by molar-refractivity contribution is 5.22. The third-order valence-corrected chi connectivity index (χ3v) is 4.30. The second kappa shape index (κ2) is 6.51. The van der Waals surface area contributed by atoms with Crippen molar-refractivity contribution in [3.05, 3.63) is 40.7 Å². The molecule has 0 bridgehead atoms. The van der Waals surface area contributed by atoms with E-state index in [0.29, 0.717) is 25.2 Å². The second-order valence-corrected chi connectivity index (χ2v) is 6.10. The van der Waals surface area contributed by atoms with Crippen LogP contribution in [0.5, 0.6) is 0 Å². The van der Waals surface area contributed by atoms with Crippen LogP contribution in [0.1, 0.15) is 41.7 Å². The van der Waals surface area contributed by atoms with Crippen molar-refractivity contribution in [3.63, 3.8) is 0 Å². The Morgan fingerprint density at radius 3 is 2.75 bits per heavy atom. The van der Waals surface area contributed by atoms with E-state index in [1.807, 2.05) is 10.9 Å². The van der Waals surface area contributed by atoms with Crippen molar-refractivity contribution in [2.24, 2.45) is 0 Å². The molecule has 3 rings (SSSR count). The van der Waals surface area contributed by atoms with Gasteiger partial charge in [0.05, 0.1) is 11.9 Å². The quantitative estimate of drug-likeness (QED) is 0.859. The Morgan fingerprint density at radius 2 is 2.04 bits per heavy atom. The summed E-state index contributed by atoms with van der Waals surface area (Å²) in [5.74, 6) is -1.05. The highest BCUT2D eigenvalue weighted by Gasteiger charge is 2.35. The number of aromatic nitrogens is 4. The average Bonchev–Trinajstić information content (AvgIpc) is 2.87. The molecule has 0 spiro atoms. The molecule has 0 fully saturated rings. The van der Waals surface area contributed by atoms with Gasteiger partial charge in [-0.25, -0.2) is 9.97 Å². The van der Waals surface area contributed by atoms with Crippen molar-refractivity contribution in [3.8, 4) is 0 Å². The predicted molar refractivity (Wildman–Crippen MR) is 82.1 cm³/mol. The first-order valence-corrected chi connectivity index (χ1v) is 8.04. The Labute approximate surface area is 138 Å². The van der Waals surface area contributed by atoms with Crippen molar-refractivity contribution in [1.82, 2.24) is 24.6 Å². The van der Waals surface area contributed by atoms with Gasteiger partial charge in [0.1, 0.15) is 0 Å². The molecule has 1 aliphatic heterocycles. The summed E-state index contributed by atoms with van der Waals surface area (Å²) in [6.45, 7) is 7.02. The molecule has 3 heterocycles. The molecule has 0 radical (unpaired) electrons. The molecule has 0 amide bonds. The van der Waals surface area contributed by atoms with Crippen LogP contribution in [0, 0.1) is 6.92 Å². The summed E-state index contributed by atoms with van der Waals surface area (Å²) in [5.41, 5.74) is 3.57. The van der Waals surface area contributed by atoms with Crippen LogP contribution in [-0.4, -0.2) is 31.2 Å². The molecule has 1 aliphatic rings. The Kier molecular flexibility index (Phi) is 4.58. The van der Waals surface area contributed by atoms with E-state index in [1.165, 1.54) is 6.20 Å². The third kappa shape index (κ3) is 3.43. The van der Waals surface area contributed by atoms with E-state index in [-0.39, 0.29) is 0 Å². The van der Waals surface area contributed by atoms with E-state index in [4.69, 9.17) is 0 Å². The maximum absolute atomic E-state index is 12.7. The van der Waals surface area contributed by atoms with Gasteiger partial charge in [-0.15, -0.1) is 0 Å². The molecule has 24 heavy (non-hydrogen) atoms. The summed E-state index contributed by atoms with van der Waals surface area (Å²) in [6.07, 6.45) is 0.229. The second-order valence-electron chi connectivity index (χ2n) is 6.10. The molecule has 0 N–H and O–H groups in total. The summed E-state index contributed by atoms with van der Waals surface area (Å²) in [4.78, 5) is 9.36. The third-order valence-electron chi connectivity index (χ3n) is 4.30. The fourth-order valence-corrected chi connectivity index (χ4v) is 2.96. The number of hydrogen-bond acceptors (Lipinski definition) is 4. The number of alkyl halides is 3. The fraction of sp³-hybridized carbons (Fsp3) is 0.562. The number of rotatable bonds is 4. The molecule has 0 aromatic carbocycles. The van der Waals surface area contributed by atoms with Crippen molar-refractivity contribution < 1.29 is 13.2 Å². The van der Waals surface area contributed by atoms with Gasteiger partial charge >= 0.3 is 6.18 Å². The Morgan fingerprint density at radius 1 is 1.25 bits per heavy atom. The van der Waals surface area contributed by atoms with Crippen LogP contribution >= 0.6 is 0 Å². The lowest BCUT2D eigenvalue weighted by molar-refractivity contribution is -0.145. The lowest BCUT2D eigenvalue weighted by Crippen LogP contribution is -2.31. The Balaban J connectivity index is 1.72. The lowest BCUT2D eigenvalue weighted by atomic mass is 10.1. The van der Waals surface area contributed by atoms with Gasteiger partial charge in [-0.1, -0.05) is 6.92 Å². The summed E-state index contributed by atoms with van der Waals surface area (Å²) >= 11 is 0. The highest BCUT2D eigenvalue weighted by Crippen LogP contribution is 2.28. The maximum atomic E-state index is 12.7. The number of fused-ring (bicyclic) bond motifs is 1. The van der Waals surface area contributed by atoms with Crippen LogP contribution in [0.15, 0.2) is 12.4 Å². The Hall–Kier alpha value is -1.96. The minimum absolute atomic E-state index is 0.503. The zero-order valence-electron chi connectivity index (χ0n) is 13.8. The number of nitrogens with zero attached hydrogens (tertiary/aromatic N) is 5. The van der Waals surface area contributed by atoms with E-state index in [1.54, 1.807) is 0 Å². The highest BCUT2D eigenvalue weighted by atomic mass is 19.4. The smallest absolute Gasteiger partial charge is 0.294 e. The van der Waals surface area contributed by atoms with Crippen LogP contribution in [-0.2, 0) is 32.2 Å². The molecule has 2 aromatic rings. The van der Waals surface area contributed by atoms with E-state index in [9.17, 15) is 13.2 Å². The molecule has 8 heteroatoms. The van der Waals surface area contributed by atoms with E-state index in [2.05, 4.69) is 33.8 Å². The van der Waals surface area contributed by atoms with E-state index in [0.717, 1.165) is 36.3 Å². The summed E-state index contributed by atoms with van der Waals surface area (Å²) in [7, 11) is 0. The molecule has 2 aromatic heterocycles. The van der Waals surface area contributed by atoms with Gasteiger partial charge in [-0.05, 0) is 13.3 Å². The van der Waals surface area contributed by atoms with Gasteiger partial charge in [0.2, 0.25) is 5.82 Å². The van der Waals surface area contributed by atoms with E-state index >= 15 is 0 Å². The molecule has 0 aliphatic carbocycles. The van der Waals surface area contributed by atoms with Crippen LogP contribution in [0.2, 0.25) is 0 Å². The molecule has 0 saturated carbocycles. The SMILES string of the molecule is CCCn1ncc(CN2CCc3nc(C(F)(F)F)ncc3C2)c1C. The monoisotopic (exact) mass is 339 g/mol. The first-order chi connectivity index (χ1) is 11.4. The van der Waals surface area contributed by atoms with Crippen LogP contribution in [0.3, 0.4) is 0 Å². The molecule has 0 unspecified atom stereocenters. The van der Waals surface area contributed by atoms with E-state index < -0.39 is 12.0 Å². The van der Waals surface area contributed by atoms with Crippen molar-refractivity contribution in [1.29, 1.82) is 0 Å². The fourth-order valence-electron chi connectivity index (χ4n) is 2.96. The summed E-state index contributed by atoms with van der Waals surface area (Å²) in [5, 5.41) is 4.39. The van der Waals surface area contributed by atoms with Crippen LogP contribution < -0.4 is 0 Å². The molecular weight excluding hydrogens is 319 g/mol. The molecular formula is C16H20F3N5. The number of hydrogen-bond donors (Lipinski definition) is 0. The number of aryl methyl sites for hydroxylation is 1. The van der Waals surface area contributed by atoms with Gasteiger partial charge < -0.3 is 0 Å². The van der Waals surface area contributed by atoms with Crippen molar-refractivity contribution >= 4 is 0 Å².